The molecule has 1 atom stereocenters. The normalized spacial score (nSPS) is 12.4. The summed E-state index contributed by atoms with van der Waals surface area (Å²) in [4.78, 5) is 22.3. The summed E-state index contributed by atoms with van der Waals surface area (Å²) in [5.41, 5.74) is 0. The summed E-state index contributed by atoms with van der Waals surface area (Å²) in [6.45, 7) is 3.86. The van der Waals surface area contributed by atoms with Gasteiger partial charge in [0.05, 0.1) is 6.42 Å². The number of carboxylic acid groups (broad SMARTS) is 1. The van der Waals surface area contributed by atoms with Crippen LogP contribution in [0.2, 0.25) is 0 Å². The van der Waals surface area contributed by atoms with E-state index in [1.54, 1.807) is 18.5 Å². The quantitative estimate of drug-likeness (QED) is 0.757. The largest absolute Gasteiger partial charge is 0.481 e. The second-order valence-electron chi connectivity index (χ2n) is 4.22. The second-order valence-corrected chi connectivity index (χ2v) is 4.22. The summed E-state index contributed by atoms with van der Waals surface area (Å²) in [5.74, 6) is -1.07. The number of hydrogen-bond donors (Lipinski definition) is 2. The Balaban J connectivity index is 2.49. The third kappa shape index (κ3) is 4.67. The van der Waals surface area contributed by atoms with Crippen molar-refractivity contribution in [2.75, 3.05) is 0 Å². The molecule has 1 unspecified atom stereocenters. The zero-order valence-electron chi connectivity index (χ0n) is 9.96. The maximum Gasteiger partial charge on any atom is 0.305 e. The van der Waals surface area contributed by atoms with Crippen molar-refractivity contribution in [1.82, 2.24) is 15.1 Å². The Morgan fingerprint density at radius 2 is 2.18 bits per heavy atom. The molecule has 0 aliphatic carbocycles. The monoisotopic (exact) mass is 239 g/mol. The van der Waals surface area contributed by atoms with Gasteiger partial charge < -0.3 is 10.4 Å². The van der Waals surface area contributed by atoms with E-state index in [-0.39, 0.29) is 30.8 Å². The summed E-state index contributed by atoms with van der Waals surface area (Å²) in [7, 11) is 0. The zero-order valence-corrected chi connectivity index (χ0v) is 9.96. The van der Waals surface area contributed by atoms with E-state index < -0.39 is 5.97 Å². The first-order valence-electron chi connectivity index (χ1n) is 5.47. The van der Waals surface area contributed by atoms with Gasteiger partial charge in [0.2, 0.25) is 5.91 Å². The van der Waals surface area contributed by atoms with Gasteiger partial charge in [-0.15, -0.1) is 0 Å². The van der Waals surface area contributed by atoms with Crippen molar-refractivity contribution in [3.05, 3.63) is 18.5 Å². The van der Waals surface area contributed by atoms with Gasteiger partial charge in [-0.3, -0.25) is 14.3 Å². The highest BCUT2D eigenvalue weighted by atomic mass is 16.4. The number of aromatic nitrogens is 2. The molecule has 6 nitrogen and oxygen atoms in total. The fourth-order valence-electron chi connectivity index (χ4n) is 1.44. The standard InChI is InChI=1S/C11H17N3O3/c1-8(2)9(6-11(16)17)13-10(15)7-14-5-3-4-12-14/h3-5,8-9H,6-7H2,1-2H3,(H,13,15)(H,16,17). The highest BCUT2D eigenvalue weighted by Gasteiger charge is 2.19. The first-order valence-corrected chi connectivity index (χ1v) is 5.47. The number of carbonyl (C=O) groups excluding carboxylic acids is 1. The molecule has 1 aromatic rings. The minimum Gasteiger partial charge on any atom is -0.481 e. The fraction of sp³-hybridized carbons (Fsp3) is 0.545. The summed E-state index contributed by atoms with van der Waals surface area (Å²) >= 11 is 0. The Labute approximate surface area is 99.6 Å². The lowest BCUT2D eigenvalue weighted by atomic mass is 10.0. The Hall–Kier alpha value is -1.85. The van der Waals surface area contributed by atoms with Crippen LogP contribution in [0.1, 0.15) is 20.3 Å². The van der Waals surface area contributed by atoms with Crippen LogP contribution < -0.4 is 5.32 Å². The van der Waals surface area contributed by atoms with E-state index in [0.29, 0.717) is 0 Å². The number of nitrogens with one attached hydrogen (secondary N) is 1. The van der Waals surface area contributed by atoms with E-state index >= 15 is 0 Å². The first-order chi connectivity index (χ1) is 7.99. The van der Waals surface area contributed by atoms with Crippen molar-refractivity contribution in [2.24, 2.45) is 5.92 Å². The molecule has 0 aromatic carbocycles. The molecule has 2 N–H and O–H groups in total. The molecule has 6 heteroatoms. The van der Waals surface area contributed by atoms with Crippen molar-refractivity contribution in [3.8, 4) is 0 Å². The lowest BCUT2D eigenvalue weighted by Gasteiger charge is -2.20. The van der Waals surface area contributed by atoms with E-state index in [1.807, 2.05) is 13.8 Å². The van der Waals surface area contributed by atoms with Crippen LogP contribution in [0.25, 0.3) is 0 Å². The summed E-state index contributed by atoms with van der Waals surface area (Å²) in [5, 5.41) is 15.3. The van der Waals surface area contributed by atoms with Gasteiger partial charge in [-0.2, -0.15) is 5.10 Å². The Bertz CT molecular complexity index is 373. The van der Waals surface area contributed by atoms with E-state index in [2.05, 4.69) is 10.4 Å². The van der Waals surface area contributed by atoms with Crippen LogP contribution in [0.4, 0.5) is 0 Å². The fourth-order valence-corrected chi connectivity index (χ4v) is 1.44. The third-order valence-electron chi connectivity index (χ3n) is 2.41. The number of aliphatic carboxylic acids is 1. The van der Waals surface area contributed by atoms with E-state index in [1.165, 1.54) is 4.68 Å². The average molecular weight is 239 g/mol. The van der Waals surface area contributed by atoms with Crippen LogP contribution in [-0.4, -0.2) is 32.8 Å². The van der Waals surface area contributed by atoms with Gasteiger partial charge in [-0.1, -0.05) is 13.8 Å². The van der Waals surface area contributed by atoms with Crippen molar-refractivity contribution < 1.29 is 14.7 Å². The molecule has 17 heavy (non-hydrogen) atoms. The van der Waals surface area contributed by atoms with Crippen LogP contribution >= 0.6 is 0 Å². The predicted octanol–water partition coefficient (Wildman–Crippen LogP) is 0.499. The molecular formula is C11H17N3O3. The number of rotatable bonds is 6. The van der Waals surface area contributed by atoms with Gasteiger partial charge in [-0.05, 0) is 12.0 Å². The highest BCUT2D eigenvalue weighted by molar-refractivity contribution is 5.77. The number of nitrogens with zero attached hydrogens (tertiary/aromatic N) is 2. The molecule has 0 saturated carbocycles. The molecule has 1 rings (SSSR count). The smallest absolute Gasteiger partial charge is 0.305 e. The zero-order chi connectivity index (χ0) is 12.8. The molecule has 0 bridgehead atoms. The van der Waals surface area contributed by atoms with Gasteiger partial charge >= 0.3 is 5.97 Å². The van der Waals surface area contributed by atoms with Crippen molar-refractivity contribution in [1.29, 1.82) is 0 Å². The molecule has 1 amide bonds. The summed E-state index contributed by atoms with van der Waals surface area (Å²) in [6, 6.07) is 1.38. The first kappa shape index (κ1) is 13.2. The SMILES string of the molecule is CC(C)C(CC(=O)O)NC(=O)Cn1cccn1. The molecule has 0 radical (unpaired) electrons. The van der Waals surface area contributed by atoms with Gasteiger partial charge in [-0.25, -0.2) is 0 Å². The lowest BCUT2D eigenvalue weighted by Crippen LogP contribution is -2.41. The maximum atomic E-state index is 11.6. The van der Waals surface area contributed by atoms with Gasteiger partial charge in [0, 0.05) is 18.4 Å². The maximum absolute atomic E-state index is 11.6. The van der Waals surface area contributed by atoms with Crippen LogP contribution in [0, 0.1) is 5.92 Å². The molecule has 1 heterocycles. The van der Waals surface area contributed by atoms with E-state index in [9.17, 15) is 9.59 Å². The Kier molecular flexibility index (Phi) is 4.68. The molecule has 0 saturated heterocycles. The topological polar surface area (TPSA) is 84.2 Å². The number of carbonyl (C=O) groups is 2. The third-order valence-corrected chi connectivity index (χ3v) is 2.41. The minimum absolute atomic E-state index is 0.0670. The number of carboxylic acids is 1. The van der Waals surface area contributed by atoms with Crippen LogP contribution in [0.3, 0.4) is 0 Å². The summed E-state index contributed by atoms with van der Waals surface area (Å²) in [6.07, 6.45) is 3.20. The molecule has 94 valence electrons. The Morgan fingerprint density at radius 1 is 1.47 bits per heavy atom. The molecule has 1 aromatic heterocycles. The highest BCUT2D eigenvalue weighted by Crippen LogP contribution is 2.06. The molecule has 0 spiro atoms. The average Bonchev–Trinajstić information content (AvgIpc) is 2.68. The van der Waals surface area contributed by atoms with Crippen LogP contribution in [0.5, 0.6) is 0 Å². The predicted molar refractivity (Wildman–Crippen MR) is 61.2 cm³/mol. The van der Waals surface area contributed by atoms with Gasteiger partial charge in [0.25, 0.3) is 0 Å². The second kappa shape index (κ2) is 6.03. The number of amides is 1. The molecule has 0 aliphatic heterocycles. The summed E-state index contributed by atoms with van der Waals surface area (Å²) < 4.78 is 1.49. The lowest BCUT2D eigenvalue weighted by molar-refractivity contribution is -0.138. The van der Waals surface area contributed by atoms with Gasteiger partial charge in [0.1, 0.15) is 6.54 Å². The number of hydrogen-bond acceptors (Lipinski definition) is 3. The molecule has 0 aliphatic rings. The van der Waals surface area contributed by atoms with Crippen molar-refractivity contribution >= 4 is 11.9 Å². The van der Waals surface area contributed by atoms with Crippen molar-refractivity contribution in [2.45, 2.75) is 32.9 Å². The van der Waals surface area contributed by atoms with Crippen molar-refractivity contribution in [3.63, 3.8) is 0 Å². The Morgan fingerprint density at radius 3 is 2.65 bits per heavy atom. The van der Waals surface area contributed by atoms with E-state index in [4.69, 9.17) is 5.11 Å². The van der Waals surface area contributed by atoms with Crippen LogP contribution in [-0.2, 0) is 16.1 Å². The van der Waals surface area contributed by atoms with Gasteiger partial charge in [0.15, 0.2) is 0 Å². The van der Waals surface area contributed by atoms with Crippen LogP contribution in [0.15, 0.2) is 18.5 Å². The molecule has 0 fully saturated rings. The molecular weight excluding hydrogens is 222 g/mol. The minimum atomic E-state index is -0.914. The van der Waals surface area contributed by atoms with E-state index in [0.717, 1.165) is 0 Å².